The number of rotatable bonds is 87. The van der Waals surface area contributed by atoms with Crippen molar-refractivity contribution < 1.29 is 80.2 Å². The number of aliphatic hydroxyl groups excluding tert-OH is 1. The number of phosphoric ester groups is 2. The summed E-state index contributed by atoms with van der Waals surface area (Å²) in [6.07, 6.45) is 73.5. The first-order valence-corrected chi connectivity index (χ1v) is 48.2. The van der Waals surface area contributed by atoms with Gasteiger partial charge < -0.3 is 33.8 Å². The Labute approximate surface area is 651 Å². The maximum atomic E-state index is 13.2. The van der Waals surface area contributed by atoms with E-state index in [4.69, 9.17) is 37.0 Å². The van der Waals surface area contributed by atoms with Crippen molar-refractivity contribution in [3.8, 4) is 0 Å². The number of carbonyl (C=O) groups is 4. The van der Waals surface area contributed by atoms with Crippen LogP contribution in [0.15, 0.2) is 0 Å². The molecule has 19 heteroatoms. The van der Waals surface area contributed by atoms with Gasteiger partial charge in [-0.2, -0.15) is 0 Å². The molecule has 0 saturated carbocycles. The van der Waals surface area contributed by atoms with Gasteiger partial charge in [0.2, 0.25) is 0 Å². The van der Waals surface area contributed by atoms with E-state index < -0.39 is 97.5 Å². The molecule has 6 atom stereocenters. The first-order valence-electron chi connectivity index (χ1n) is 45.2. The smallest absolute Gasteiger partial charge is 0.462 e. The average Bonchev–Trinajstić information content (AvgIpc) is 0.901. The summed E-state index contributed by atoms with van der Waals surface area (Å²) >= 11 is 0. The van der Waals surface area contributed by atoms with Gasteiger partial charge >= 0.3 is 39.5 Å². The van der Waals surface area contributed by atoms with Crippen LogP contribution in [-0.4, -0.2) is 96.7 Å². The summed E-state index contributed by atoms with van der Waals surface area (Å²) in [5.41, 5.74) is 0. The molecule has 0 aliphatic carbocycles. The van der Waals surface area contributed by atoms with Gasteiger partial charge in [0.25, 0.3) is 0 Å². The quantitative estimate of drug-likeness (QED) is 0.0222. The highest BCUT2D eigenvalue weighted by atomic mass is 31.2. The molecule has 630 valence electrons. The van der Waals surface area contributed by atoms with Crippen LogP contribution in [0.5, 0.6) is 0 Å². The zero-order valence-corrected chi connectivity index (χ0v) is 71.4. The van der Waals surface area contributed by atoms with Crippen LogP contribution in [0, 0.1) is 5.92 Å². The summed E-state index contributed by atoms with van der Waals surface area (Å²) in [7, 11) is -9.93. The van der Waals surface area contributed by atoms with Gasteiger partial charge in [-0.25, -0.2) is 9.13 Å². The number of aliphatic hydroxyl groups is 1. The van der Waals surface area contributed by atoms with E-state index in [1.807, 2.05) is 0 Å². The molecular formula is C87H170O17P2. The van der Waals surface area contributed by atoms with Crippen molar-refractivity contribution in [2.45, 2.75) is 490 Å². The number of ether oxygens (including phenoxy) is 4. The van der Waals surface area contributed by atoms with Crippen molar-refractivity contribution in [1.82, 2.24) is 0 Å². The molecule has 0 radical (unpaired) electrons. The third-order valence-corrected chi connectivity index (χ3v) is 22.8. The van der Waals surface area contributed by atoms with Gasteiger partial charge in [0.1, 0.15) is 19.3 Å². The Hall–Kier alpha value is -1.94. The lowest BCUT2D eigenvalue weighted by Gasteiger charge is -2.21. The zero-order valence-electron chi connectivity index (χ0n) is 69.6. The molecule has 3 unspecified atom stereocenters. The minimum absolute atomic E-state index is 0.109. The van der Waals surface area contributed by atoms with Crippen molar-refractivity contribution in [1.29, 1.82) is 0 Å². The minimum atomic E-state index is -4.97. The summed E-state index contributed by atoms with van der Waals surface area (Å²) < 4.78 is 69.0. The van der Waals surface area contributed by atoms with Crippen LogP contribution in [0.2, 0.25) is 0 Å². The Bertz CT molecular complexity index is 2020. The number of unbranched alkanes of at least 4 members (excludes halogenated alkanes) is 58. The van der Waals surface area contributed by atoms with E-state index in [0.717, 1.165) is 95.8 Å². The van der Waals surface area contributed by atoms with Gasteiger partial charge in [-0.3, -0.25) is 37.3 Å². The molecule has 0 aliphatic heterocycles. The average molecular weight is 1550 g/mol. The lowest BCUT2D eigenvalue weighted by Crippen LogP contribution is -2.30. The van der Waals surface area contributed by atoms with Crippen molar-refractivity contribution in [2.75, 3.05) is 39.6 Å². The first kappa shape index (κ1) is 104. The lowest BCUT2D eigenvalue weighted by molar-refractivity contribution is -0.161. The molecule has 3 N–H and O–H groups in total. The molecular weight excluding hydrogens is 1380 g/mol. The van der Waals surface area contributed by atoms with Crippen LogP contribution in [0.25, 0.3) is 0 Å². The second-order valence-corrected chi connectivity index (χ2v) is 34.4. The number of hydrogen-bond acceptors (Lipinski definition) is 15. The highest BCUT2D eigenvalue weighted by Gasteiger charge is 2.30. The van der Waals surface area contributed by atoms with E-state index in [-0.39, 0.29) is 25.7 Å². The third-order valence-electron chi connectivity index (χ3n) is 20.9. The topological polar surface area (TPSA) is 237 Å². The molecule has 0 aromatic carbocycles. The third kappa shape index (κ3) is 78.7. The van der Waals surface area contributed by atoms with E-state index in [0.29, 0.717) is 25.7 Å². The summed E-state index contributed by atoms with van der Waals surface area (Å²) in [4.78, 5) is 73.3. The highest BCUT2D eigenvalue weighted by Crippen LogP contribution is 2.45. The summed E-state index contributed by atoms with van der Waals surface area (Å²) in [6.45, 7) is 7.43. The van der Waals surface area contributed by atoms with Crippen molar-refractivity contribution in [3.63, 3.8) is 0 Å². The Balaban J connectivity index is 5.24. The molecule has 0 aliphatic rings. The van der Waals surface area contributed by atoms with Gasteiger partial charge in [0.05, 0.1) is 26.4 Å². The fourth-order valence-electron chi connectivity index (χ4n) is 13.6. The molecule has 0 bridgehead atoms. The van der Waals surface area contributed by atoms with Gasteiger partial charge in [-0.15, -0.1) is 0 Å². The van der Waals surface area contributed by atoms with E-state index in [1.54, 1.807) is 0 Å². The largest absolute Gasteiger partial charge is 0.472 e. The van der Waals surface area contributed by atoms with E-state index >= 15 is 0 Å². The number of hydrogen-bond donors (Lipinski definition) is 3. The molecule has 0 aromatic rings. The van der Waals surface area contributed by atoms with Gasteiger partial charge in [0, 0.05) is 25.7 Å². The second-order valence-electron chi connectivity index (χ2n) is 31.5. The van der Waals surface area contributed by atoms with Crippen LogP contribution in [0.1, 0.15) is 471 Å². The molecule has 0 amide bonds. The summed E-state index contributed by atoms with van der Waals surface area (Å²) in [5, 5.41) is 10.7. The predicted octanol–water partition coefficient (Wildman–Crippen LogP) is 26.8. The SMILES string of the molecule is CCCCCCCCCCCCCCCCCCCCCCC(=O)O[C@H](COC(=O)CCCCCCCCCCCCCCCCC(C)CC)COP(=O)(O)OC[C@@H](O)COP(=O)(O)OC[C@@H](COC(=O)CCCCCCCCCCCCC)OC(=O)CCCCCCCCCCCCCCCCCCC. The van der Waals surface area contributed by atoms with Gasteiger partial charge in [0.15, 0.2) is 12.2 Å². The first-order chi connectivity index (χ1) is 51.6. The normalized spacial score (nSPS) is 14.0. The molecule has 0 aromatic heterocycles. The van der Waals surface area contributed by atoms with Crippen molar-refractivity contribution >= 4 is 39.5 Å². The fraction of sp³-hybridized carbons (Fsp3) is 0.954. The number of phosphoric acid groups is 2. The maximum absolute atomic E-state index is 13.2. The van der Waals surface area contributed by atoms with Crippen LogP contribution < -0.4 is 0 Å². The second kappa shape index (κ2) is 79.7. The molecule has 0 rings (SSSR count). The van der Waals surface area contributed by atoms with Gasteiger partial charge in [-0.05, 0) is 31.6 Å². The minimum Gasteiger partial charge on any atom is -0.462 e. The summed E-state index contributed by atoms with van der Waals surface area (Å²) in [6, 6.07) is 0. The van der Waals surface area contributed by atoms with Gasteiger partial charge in [-0.1, -0.05) is 420 Å². The highest BCUT2D eigenvalue weighted by molar-refractivity contribution is 7.47. The Morgan fingerprint density at radius 2 is 0.453 bits per heavy atom. The molecule has 0 heterocycles. The Morgan fingerprint density at radius 1 is 0.264 bits per heavy atom. The van der Waals surface area contributed by atoms with Crippen LogP contribution in [-0.2, 0) is 65.4 Å². The Morgan fingerprint density at radius 3 is 0.670 bits per heavy atom. The van der Waals surface area contributed by atoms with E-state index in [9.17, 15) is 43.2 Å². The maximum Gasteiger partial charge on any atom is 0.472 e. The monoisotopic (exact) mass is 1550 g/mol. The molecule has 0 saturated heterocycles. The molecule has 0 spiro atoms. The summed E-state index contributed by atoms with van der Waals surface area (Å²) in [5.74, 6) is -1.25. The lowest BCUT2D eigenvalue weighted by atomic mass is 9.99. The number of carbonyl (C=O) groups excluding carboxylic acids is 4. The standard InChI is InChI=1S/C87H170O17P2/c1-6-10-13-16-19-22-25-27-29-31-32-33-35-37-43-48-53-58-63-68-73-87(92)104-83(77-98-85(90)71-66-61-56-51-46-41-39-38-40-45-49-54-59-64-69-80(5)9-4)79-102-106(95,96)100-75-81(88)74-99-105(93,94)101-78-82(76-97-84(89)70-65-60-55-50-44-24-21-18-15-12-8-3)103-86(91)72-67-62-57-52-47-42-36-34-30-28-26-23-20-17-14-11-7-2/h80-83,88H,6-79H2,1-5H3,(H,93,94)(H,95,96)/t80?,81-,82+,83+/m0/s1. The van der Waals surface area contributed by atoms with Crippen molar-refractivity contribution in [2.24, 2.45) is 5.92 Å². The van der Waals surface area contributed by atoms with Crippen LogP contribution in [0.4, 0.5) is 0 Å². The Kier molecular flexibility index (Phi) is 78.2. The molecule has 0 fully saturated rings. The van der Waals surface area contributed by atoms with E-state index in [2.05, 4.69) is 34.6 Å². The molecule has 17 nitrogen and oxygen atoms in total. The van der Waals surface area contributed by atoms with E-state index in [1.165, 1.54) is 295 Å². The van der Waals surface area contributed by atoms with Crippen molar-refractivity contribution in [3.05, 3.63) is 0 Å². The zero-order chi connectivity index (χ0) is 77.6. The molecule has 106 heavy (non-hydrogen) atoms. The predicted molar refractivity (Wildman–Crippen MR) is 437 cm³/mol. The fourth-order valence-corrected chi connectivity index (χ4v) is 15.2. The number of esters is 4. The van der Waals surface area contributed by atoms with Crippen LogP contribution >= 0.6 is 15.6 Å². The van der Waals surface area contributed by atoms with Crippen LogP contribution in [0.3, 0.4) is 0 Å².